The molecule has 1 aromatic carbocycles. The molecule has 5 heteroatoms. The maximum Gasteiger partial charge on any atom is 0.191 e. The van der Waals surface area contributed by atoms with Crippen LogP contribution in [0.1, 0.15) is 17.0 Å². The number of benzene rings is 1. The van der Waals surface area contributed by atoms with Crippen LogP contribution in [0.4, 0.5) is 8.78 Å². The number of halogens is 2. The van der Waals surface area contributed by atoms with Crippen molar-refractivity contribution < 1.29 is 8.78 Å². The fourth-order valence-corrected chi connectivity index (χ4v) is 2.42. The van der Waals surface area contributed by atoms with E-state index in [1.54, 1.807) is 18.2 Å². The van der Waals surface area contributed by atoms with Gasteiger partial charge >= 0.3 is 0 Å². The van der Waals surface area contributed by atoms with Crippen LogP contribution < -0.4 is 5.43 Å². The first-order chi connectivity index (χ1) is 10.5. The molecule has 3 aromatic rings. The third-order valence-corrected chi connectivity index (χ3v) is 3.58. The van der Waals surface area contributed by atoms with Crippen LogP contribution in [0, 0.1) is 18.6 Å². The molecular weight excluding hydrogens is 286 g/mol. The Morgan fingerprint density at radius 3 is 2.77 bits per heavy atom. The second kappa shape index (κ2) is 5.67. The molecule has 3 rings (SSSR count). The van der Waals surface area contributed by atoms with Crippen LogP contribution in [0.15, 0.2) is 41.2 Å². The van der Waals surface area contributed by atoms with Crippen molar-refractivity contribution in [1.82, 2.24) is 9.97 Å². The maximum absolute atomic E-state index is 13.6. The molecule has 0 radical (unpaired) electrons. The van der Waals surface area contributed by atoms with Crippen LogP contribution in [-0.2, 0) is 12.8 Å². The van der Waals surface area contributed by atoms with Gasteiger partial charge in [0.2, 0.25) is 0 Å². The number of aromatic nitrogens is 2. The lowest BCUT2D eigenvalue weighted by atomic mass is 10.1. The normalized spacial score (nSPS) is 11.0. The minimum Gasteiger partial charge on any atom is -0.343 e. The highest BCUT2D eigenvalue weighted by Gasteiger charge is 2.09. The zero-order chi connectivity index (χ0) is 15.7. The zero-order valence-electron chi connectivity index (χ0n) is 12.0. The Morgan fingerprint density at radius 1 is 1.14 bits per heavy atom. The van der Waals surface area contributed by atoms with E-state index in [9.17, 15) is 13.6 Å². The van der Waals surface area contributed by atoms with E-state index in [1.807, 2.05) is 6.92 Å². The molecule has 0 saturated carbocycles. The van der Waals surface area contributed by atoms with Gasteiger partial charge in [0.1, 0.15) is 5.65 Å². The monoisotopic (exact) mass is 300 g/mol. The summed E-state index contributed by atoms with van der Waals surface area (Å²) in [5.41, 5.74) is 2.13. The maximum atomic E-state index is 13.6. The molecule has 0 saturated heterocycles. The first kappa shape index (κ1) is 14.4. The number of rotatable bonds is 3. The predicted molar refractivity (Wildman–Crippen MR) is 80.9 cm³/mol. The Bertz CT molecular complexity index is 903. The Hall–Kier alpha value is -2.56. The van der Waals surface area contributed by atoms with Gasteiger partial charge in [0.25, 0.3) is 0 Å². The number of nitrogens with one attached hydrogen (secondary N) is 1. The van der Waals surface area contributed by atoms with E-state index in [4.69, 9.17) is 0 Å². The van der Waals surface area contributed by atoms with E-state index in [2.05, 4.69) is 9.97 Å². The number of aromatic amines is 1. The standard InChI is InChI=1S/C17H14F2N2O/c1-10-5-8-13-15(22)9-12(21-17(13)20-10)7-6-11-3-2-4-14(18)16(11)19/h2-5,8-9H,6-7H2,1H3,(H,20,21,22). The predicted octanol–water partition coefficient (Wildman–Crippen LogP) is 3.29. The van der Waals surface area contributed by atoms with Gasteiger partial charge in [-0.05, 0) is 43.5 Å². The molecule has 0 atom stereocenters. The van der Waals surface area contributed by atoms with Crippen molar-refractivity contribution in [2.45, 2.75) is 19.8 Å². The van der Waals surface area contributed by atoms with Gasteiger partial charge in [-0.2, -0.15) is 0 Å². The number of fused-ring (bicyclic) bond motifs is 1. The van der Waals surface area contributed by atoms with Crippen LogP contribution in [0.2, 0.25) is 0 Å². The van der Waals surface area contributed by atoms with Crippen molar-refractivity contribution >= 4 is 11.0 Å². The Morgan fingerprint density at radius 2 is 1.95 bits per heavy atom. The van der Waals surface area contributed by atoms with Crippen LogP contribution in [0.3, 0.4) is 0 Å². The Balaban J connectivity index is 1.91. The first-order valence-electron chi connectivity index (χ1n) is 6.97. The lowest BCUT2D eigenvalue weighted by Gasteiger charge is -2.06. The molecule has 0 unspecified atom stereocenters. The fraction of sp³-hybridized carbons (Fsp3) is 0.176. The van der Waals surface area contributed by atoms with Crippen LogP contribution in [-0.4, -0.2) is 9.97 Å². The highest BCUT2D eigenvalue weighted by Crippen LogP contribution is 2.14. The summed E-state index contributed by atoms with van der Waals surface area (Å²) in [4.78, 5) is 19.4. The number of hydrogen-bond acceptors (Lipinski definition) is 2. The number of nitrogens with zero attached hydrogens (tertiary/aromatic N) is 1. The Labute approximate surface area is 125 Å². The molecule has 2 aromatic heterocycles. The summed E-state index contributed by atoms with van der Waals surface area (Å²) in [6.07, 6.45) is 0.706. The summed E-state index contributed by atoms with van der Waals surface area (Å²) in [5, 5.41) is 0.520. The lowest BCUT2D eigenvalue weighted by molar-refractivity contribution is 0.498. The highest BCUT2D eigenvalue weighted by atomic mass is 19.2. The van der Waals surface area contributed by atoms with Gasteiger partial charge < -0.3 is 4.98 Å². The summed E-state index contributed by atoms with van der Waals surface area (Å²) in [7, 11) is 0. The van der Waals surface area contributed by atoms with Crippen molar-refractivity contribution in [2.24, 2.45) is 0 Å². The quantitative estimate of drug-likeness (QED) is 0.806. The summed E-state index contributed by atoms with van der Waals surface area (Å²) >= 11 is 0. The van der Waals surface area contributed by atoms with Crippen molar-refractivity contribution in [3.8, 4) is 0 Å². The molecule has 112 valence electrons. The summed E-state index contributed by atoms with van der Waals surface area (Å²) < 4.78 is 26.8. The van der Waals surface area contributed by atoms with Gasteiger partial charge in [-0.1, -0.05) is 12.1 Å². The van der Waals surface area contributed by atoms with Gasteiger partial charge in [-0.15, -0.1) is 0 Å². The molecule has 22 heavy (non-hydrogen) atoms. The third kappa shape index (κ3) is 2.74. The minimum absolute atomic E-state index is 0.129. The molecule has 0 aliphatic heterocycles. The van der Waals surface area contributed by atoms with Gasteiger partial charge in [0.15, 0.2) is 17.1 Å². The SMILES string of the molecule is Cc1ccc2c(=O)cc(CCc3cccc(F)c3F)[nH]c2n1. The highest BCUT2D eigenvalue weighted by molar-refractivity contribution is 5.74. The number of pyridine rings is 2. The second-order valence-corrected chi connectivity index (χ2v) is 5.22. The summed E-state index contributed by atoms with van der Waals surface area (Å²) in [5.74, 6) is -1.69. The zero-order valence-corrected chi connectivity index (χ0v) is 12.0. The van der Waals surface area contributed by atoms with Gasteiger partial charge in [-0.25, -0.2) is 13.8 Å². The fourth-order valence-electron chi connectivity index (χ4n) is 2.42. The van der Waals surface area contributed by atoms with Crippen LogP contribution in [0.25, 0.3) is 11.0 Å². The van der Waals surface area contributed by atoms with Gasteiger partial charge in [0, 0.05) is 17.5 Å². The Kier molecular flexibility index (Phi) is 3.71. The largest absolute Gasteiger partial charge is 0.343 e. The molecule has 0 fully saturated rings. The lowest BCUT2D eigenvalue weighted by Crippen LogP contribution is -2.08. The van der Waals surface area contributed by atoms with Crippen molar-refractivity contribution in [2.75, 3.05) is 0 Å². The minimum atomic E-state index is -0.859. The van der Waals surface area contributed by atoms with Crippen LogP contribution >= 0.6 is 0 Å². The third-order valence-electron chi connectivity index (χ3n) is 3.58. The topological polar surface area (TPSA) is 45.8 Å². The molecule has 0 aliphatic rings. The molecule has 0 aliphatic carbocycles. The van der Waals surface area contributed by atoms with Crippen molar-refractivity contribution in [3.63, 3.8) is 0 Å². The number of H-pyrrole nitrogens is 1. The first-order valence-corrected chi connectivity index (χ1v) is 6.97. The smallest absolute Gasteiger partial charge is 0.191 e. The summed E-state index contributed by atoms with van der Waals surface area (Å²) in [6.45, 7) is 1.84. The van der Waals surface area contributed by atoms with E-state index >= 15 is 0 Å². The van der Waals surface area contributed by atoms with E-state index in [-0.39, 0.29) is 11.0 Å². The molecule has 1 N–H and O–H groups in total. The summed E-state index contributed by atoms with van der Waals surface area (Å²) in [6, 6.07) is 9.09. The molecule has 2 heterocycles. The van der Waals surface area contributed by atoms with E-state index in [0.29, 0.717) is 29.6 Å². The average molecular weight is 300 g/mol. The molecular formula is C17H14F2N2O. The number of hydrogen-bond donors (Lipinski definition) is 1. The average Bonchev–Trinajstić information content (AvgIpc) is 2.48. The second-order valence-electron chi connectivity index (χ2n) is 5.22. The molecule has 0 spiro atoms. The molecule has 0 bridgehead atoms. The molecule has 0 amide bonds. The van der Waals surface area contributed by atoms with Crippen LogP contribution in [0.5, 0.6) is 0 Å². The van der Waals surface area contributed by atoms with Crippen molar-refractivity contribution in [3.05, 3.63) is 75.2 Å². The van der Waals surface area contributed by atoms with Gasteiger partial charge in [0.05, 0.1) is 5.39 Å². The number of aryl methyl sites for hydroxylation is 3. The van der Waals surface area contributed by atoms with E-state index in [1.165, 1.54) is 12.1 Å². The van der Waals surface area contributed by atoms with E-state index in [0.717, 1.165) is 11.8 Å². The van der Waals surface area contributed by atoms with E-state index < -0.39 is 11.6 Å². The van der Waals surface area contributed by atoms with Gasteiger partial charge in [-0.3, -0.25) is 4.79 Å². The van der Waals surface area contributed by atoms with Crippen molar-refractivity contribution in [1.29, 1.82) is 0 Å². The molecule has 3 nitrogen and oxygen atoms in total.